The van der Waals surface area contributed by atoms with Gasteiger partial charge >= 0.3 is 6.03 Å². The Morgan fingerprint density at radius 1 is 1.15 bits per heavy atom. The maximum Gasteiger partial charge on any atom is 0.325 e. The Labute approximate surface area is 193 Å². The van der Waals surface area contributed by atoms with E-state index in [0.717, 1.165) is 17.7 Å². The number of urea groups is 1. The molecule has 3 aromatic rings. The molecule has 12 heteroatoms. The number of carbonyl (C=O) groups excluding carboxylic acids is 4. The van der Waals surface area contributed by atoms with Crippen molar-refractivity contribution in [2.45, 2.75) is 25.3 Å². The van der Waals surface area contributed by atoms with E-state index in [9.17, 15) is 19.2 Å². The van der Waals surface area contributed by atoms with Gasteiger partial charge in [-0.15, -0.1) is 5.10 Å². The van der Waals surface area contributed by atoms with E-state index >= 15 is 0 Å². The summed E-state index contributed by atoms with van der Waals surface area (Å²) in [6, 6.07) is 7.69. The van der Waals surface area contributed by atoms with Gasteiger partial charge < -0.3 is 15.2 Å². The fourth-order valence-corrected chi connectivity index (χ4v) is 4.28. The molecular formula is C22H22N8O4. The van der Waals surface area contributed by atoms with Crippen molar-refractivity contribution >= 4 is 23.6 Å². The number of tetrazole rings is 1. The molecule has 34 heavy (non-hydrogen) atoms. The highest BCUT2D eigenvalue weighted by atomic mass is 16.2. The zero-order valence-electron chi connectivity index (χ0n) is 18.4. The molecule has 0 saturated carbocycles. The second kappa shape index (κ2) is 8.21. The first-order valence-corrected chi connectivity index (χ1v) is 10.9. The largest absolute Gasteiger partial charge is 0.356 e. The minimum atomic E-state index is -1.36. The molecule has 174 valence electrons. The lowest BCUT2D eigenvalue weighted by molar-refractivity contribution is -0.130. The van der Waals surface area contributed by atoms with Gasteiger partial charge in [0.2, 0.25) is 0 Å². The van der Waals surface area contributed by atoms with E-state index in [1.165, 1.54) is 23.3 Å². The average molecular weight is 462 g/mol. The lowest BCUT2D eigenvalue weighted by Crippen LogP contribution is -2.41. The van der Waals surface area contributed by atoms with Crippen LogP contribution in [0.1, 0.15) is 46.2 Å². The third-order valence-electron chi connectivity index (χ3n) is 6.24. The van der Waals surface area contributed by atoms with Crippen molar-refractivity contribution in [2.75, 3.05) is 19.6 Å². The van der Waals surface area contributed by atoms with Crippen molar-refractivity contribution in [1.82, 2.24) is 40.3 Å². The normalized spacial score (nSPS) is 20.1. The third kappa shape index (κ3) is 3.62. The summed E-state index contributed by atoms with van der Waals surface area (Å²) in [6.07, 6.45) is 4.77. The molecule has 0 radical (unpaired) electrons. The Kier molecular flexibility index (Phi) is 5.19. The van der Waals surface area contributed by atoms with Crippen molar-refractivity contribution in [2.24, 2.45) is 0 Å². The molecule has 0 spiro atoms. The lowest BCUT2D eigenvalue weighted by Gasteiger charge is -2.22. The first kappa shape index (κ1) is 21.5. The van der Waals surface area contributed by atoms with E-state index < -0.39 is 29.8 Å². The Morgan fingerprint density at radius 3 is 2.68 bits per heavy atom. The molecule has 2 aliphatic heterocycles. The summed E-state index contributed by atoms with van der Waals surface area (Å²) >= 11 is 0. The number of H-pyrrole nitrogens is 1. The number of likely N-dealkylation sites (tertiary alicyclic amines) is 1. The predicted molar refractivity (Wildman–Crippen MR) is 117 cm³/mol. The molecule has 0 aliphatic carbocycles. The number of imide groups is 1. The number of hydrogen-bond acceptors (Lipinski definition) is 7. The van der Waals surface area contributed by atoms with Crippen LogP contribution in [0.15, 0.2) is 42.9 Å². The van der Waals surface area contributed by atoms with Gasteiger partial charge in [-0.25, -0.2) is 9.48 Å². The van der Waals surface area contributed by atoms with Gasteiger partial charge in [-0.3, -0.25) is 19.3 Å². The zero-order valence-corrected chi connectivity index (χ0v) is 18.4. The molecular weight excluding hydrogens is 440 g/mol. The highest BCUT2D eigenvalue weighted by Crippen LogP contribution is 2.30. The van der Waals surface area contributed by atoms with Crippen LogP contribution in [0, 0.1) is 0 Å². The van der Waals surface area contributed by atoms with Gasteiger partial charge in [0.05, 0.1) is 12.2 Å². The Hall–Kier alpha value is -4.35. The Bertz CT molecular complexity index is 1280. The topological polar surface area (TPSA) is 146 Å². The summed E-state index contributed by atoms with van der Waals surface area (Å²) < 4.78 is 1.43. The molecule has 4 amide bonds. The highest BCUT2D eigenvalue weighted by Gasteiger charge is 2.49. The number of carbonyl (C=O) groups is 4. The van der Waals surface area contributed by atoms with Crippen LogP contribution in [-0.2, 0) is 10.3 Å². The van der Waals surface area contributed by atoms with E-state index in [1.54, 1.807) is 36.1 Å². The summed E-state index contributed by atoms with van der Waals surface area (Å²) in [5, 5.41) is 13.7. The minimum Gasteiger partial charge on any atom is -0.356 e. The Morgan fingerprint density at radius 2 is 1.94 bits per heavy atom. The molecule has 0 unspecified atom stereocenters. The number of Topliss-reactive ketones (excluding diaryl/α,β-unsaturated/α-hetero) is 1. The van der Waals surface area contributed by atoms with Crippen LogP contribution in [-0.4, -0.2) is 78.3 Å². The van der Waals surface area contributed by atoms with Crippen LogP contribution in [0.25, 0.3) is 5.69 Å². The quantitative estimate of drug-likeness (QED) is 0.408. The fourth-order valence-electron chi connectivity index (χ4n) is 4.28. The molecule has 2 aromatic heterocycles. The van der Waals surface area contributed by atoms with Crippen molar-refractivity contribution < 1.29 is 19.2 Å². The predicted octanol–water partition coefficient (Wildman–Crippen LogP) is 0.876. The van der Waals surface area contributed by atoms with Crippen molar-refractivity contribution in [3.05, 3.63) is 59.7 Å². The van der Waals surface area contributed by atoms with E-state index in [-0.39, 0.29) is 11.5 Å². The second-order valence-electron chi connectivity index (χ2n) is 8.48. The number of nitrogens with one attached hydrogen (secondary N) is 2. The van der Waals surface area contributed by atoms with Crippen LogP contribution in [0.3, 0.4) is 0 Å². The maximum atomic E-state index is 13.3. The van der Waals surface area contributed by atoms with Gasteiger partial charge in [-0.1, -0.05) is 12.1 Å². The molecule has 2 fully saturated rings. The van der Waals surface area contributed by atoms with Gasteiger partial charge in [-0.05, 0) is 54.0 Å². The van der Waals surface area contributed by atoms with Gasteiger partial charge in [0, 0.05) is 24.8 Å². The van der Waals surface area contributed by atoms with Crippen molar-refractivity contribution in [1.29, 1.82) is 0 Å². The molecule has 0 bridgehead atoms. The molecule has 2 saturated heterocycles. The lowest BCUT2D eigenvalue weighted by atomic mass is 9.91. The monoisotopic (exact) mass is 462 g/mol. The fraction of sp³-hybridized carbons (Fsp3) is 0.318. The van der Waals surface area contributed by atoms with E-state index in [4.69, 9.17) is 0 Å². The molecule has 4 heterocycles. The standard InChI is InChI=1S/C22H22N8O4/c1-22(15-5-4-6-16(10-15)30-13-24-26-27-30)20(33)29(21(34)25-22)12-18(31)14-9-17(23-11-14)19(32)28-7-2-3-8-28/h4-6,9-11,13,23H,2-3,7-8,12H2,1H3,(H,25,34)/t22-/m0/s1. The number of hydrogen-bond donors (Lipinski definition) is 2. The highest BCUT2D eigenvalue weighted by molar-refractivity contribution is 6.11. The molecule has 12 nitrogen and oxygen atoms in total. The number of rotatable bonds is 6. The van der Waals surface area contributed by atoms with Crippen molar-refractivity contribution in [3.63, 3.8) is 0 Å². The molecule has 2 aliphatic rings. The number of ketones is 1. The first-order chi connectivity index (χ1) is 16.4. The number of amides is 4. The van der Waals surface area contributed by atoms with Gasteiger partial charge in [-0.2, -0.15) is 0 Å². The van der Waals surface area contributed by atoms with E-state index in [0.29, 0.717) is 30.0 Å². The summed E-state index contributed by atoms with van der Waals surface area (Å²) in [5.74, 6) is -1.17. The Balaban J connectivity index is 1.32. The minimum absolute atomic E-state index is 0.165. The zero-order chi connectivity index (χ0) is 23.9. The van der Waals surface area contributed by atoms with Crippen LogP contribution >= 0.6 is 0 Å². The molecule has 1 atom stereocenters. The van der Waals surface area contributed by atoms with Gasteiger partial charge in [0.1, 0.15) is 17.6 Å². The van der Waals surface area contributed by atoms with E-state index in [1.807, 2.05) is 0 Å². The SMILES string of the molecule is C[C@@]1(c2cccc(-n3cnnn3)c2)NC(=O)N(CC(=O)c2c[nH]c(C(=O)N3CCCC3)c2)C1=O. The number of aromatic amines is 1. The average Bonchev–Trinajstić information content (AvgIpc) is 3.65. The number of nitrogens with zero attached hydrogens (tertiary/aromatic N) is 6. The molecule has 2 N–H and O–H groups in total. The number of aromatic nitrogens is 5. The third-order valence-corrected chi connectivity index (χ3v) is 6.24. The van der Waals surface area contributed by atoms with Crippen molar-refractivity contribution in [3.8, 4) is 5.69 Å². The number of benzene rings is 1. The second-order valence-corrected chi connectivity index (χ2v) is 8.48. The van der Waals surface area contributed by atoms with Gasteiger partial charge in [0.15, 0.2) is 5.78 Å². The molecule has 5 rings (SSSR count). The van der Waals surface area contributed by atoms with Crippen LogP contribution in [0.4, 0.5) is 4.79 Å². The summed E-state index contributed by atoms with van der Waals surface area (Å²) in [7, 11) is 0. The maximum absolute atomic E-state index is 13.3. The molecule has 1 aromatic carbocycles. The van der Waals surface area contributed by atoms with Gasteiger partial charge in [0.25, 0.3) is 11.8 Å². The first-order valence-electron chi connectivity index (χ1n) is 10.9. The van der Waals surface area contributed by atoms with Crippen LogP contribution in [0.5, 0.6) is 0 Å². The summed E-state index contributed by atoms with van der Waals surface area (Å²) in [5.41, 5.74) is 0.317. The summed E-state index contributed by atoms with van der Waals surface area (Å²) in [4.78, 5) is 56.8. The smallest absolute Gasteiger partial charge is 0.325 e. The van der Waals surface area contributed by atoms with E-state index in [2.05, 4.69) is 25.8 Å². The van der Waals surface area contributed by atoms with Crippen LogP contribution < -0.4 is 5.32 Å². The summed E-state index contributed by atoms with van der Waals surface area (Å²) in [6.45, 7) is 2.52. The van der Waals surface area contributed by atoms with Crippen LogP contribution in [0.2, 0.25) is 0 Å².